The Morgan fingerprint density at radius 3 is 2.95 bits per heavy atom. The maximum atomic E-state index is 5.35. The van der Waals surface area contributed by atoms with Gasteiger partial charge in [0.2, 0.25) is 0 Å². The van der Waals surface area contributed by atoms with E-state index in [1.807, 2.05) is 18.5 Å². The summed E-state index contributed by atoms with van der Waals surface area (Å²) in [5, 5.41) is 8.13. The molecule has 1 aliphatic carbocycles. The molecule has 1 aromatic carbocycles. The summed E-state index contributed by atoms with van der Waals surface area (Å²) in [7, 11) is 1.70. The second-order valence-corrected chi connectivity index (χ2v) is 4.81. The van der Waals surface area contributed by atoms with E-state index in [9.17, 15) is 0 Å². The summed E-state index contributed by atoms with van der Waals surface area (Å²) in [5.74, 6) is 0.889. The molecule has 1 aliphatic rings. The lowest BCUT2D eigenvalue weighted by atomic mass is 9.85. The lowest BCUT2D eigenvalue weighted by Gasteiger charge is -2.20. The third-order valence-corrected chi connectivity index (χ3v) is 3.81. The lowest BCUT2D eigenvalue weighted by molar-refractivity contribution is 0.415. The number of nitrogens with one attached hydrogen (secondary N) is 1. The SMILES string of the molecule is COc1ccc2c(c1)-c1c(cnc3[nH]ncc13)CC2. The van der Waals surface area contributed by atoms with Gasteiger partial charge in [-0.05, 0) is 47.2 Å². The summed E-state index contributed by atoms with van der Waals surface area (Å²) in [4.78, 5) is 4.42. The molecular weight excluding hydrogens is 238 g/mol. The normalized spacial score (nSPS) is 13.1. The van der Waals surface area contributed by atoms with Gasteiger partial charge < -0.3 is 4.74 Å². The van der Waals surface area contributed by atoms with Crippen LogP contribution in [-0.2, 0) is 12.8 Å². The van der Waals surface area contributed by atoms with Gasteiger partial charge in [-0.3, -0.25) is 5.10 Å². The topological polar surface area (TPSA) is 50.8 Å². The van der Waals surface area contributed by atoms with Crippen LogP contribution in [-0.4, -0.2) is 22.3 Å². The van der Waals surface area contributed by atoms with Gasteiger partial charge >= 0.3 is 0 Å². The van der Waals surface area contributed by atoms with Gasteiger partial charge in [-0.25, -0.2) is 4.98 Å². The minimum Gasteiger partial charge on any atom is -0.497 e. The van der Waals surface area contributed by atoms with E-state index in [1.165, 1.54) is 22.3 Å². The van der Waals surface area contributed by atoms with Gasteiger partial charge in [0.25, 0.3) is 0 Å². The molecule has 4 nitrogen and oxygen atoms in total. The fraction of sp³-hybridized carbons (Fsp3) is 0.200. The first kappa shape index (κ1) is 10.6. The Balaban J connectivity index is 2.08. The first-order chi connectivity index (χ1) is 9.36. The molecule has 0 spiro atoms. The number of aromatic nitrogens is 3. The van der Waals surface area contributed by atoms with E-state index >= 15 is 0 Å². The van der Waals surface area contributed by atoms with Gasteiger partial charge in [0, 0.05) is 11.6 Å². The fourth-order valence-electron chi connectivity index (χ4n) is 2.85. The van der Waals surface area contributed by atoms with Crippen LogP contribution < -0.4 is 4.74 Å². The van der Waals surface area contributed by atoms with Crippen molar-refractivity contribution in [3.63, 3.8) is 0 Å². The van der Waals surface area contributed by atoms with Crippen LogP contribution in [0.2, 0.25) is 0 Å². The van der Waals surface area contributed by atoms with Crippen LogP contribution in [0.25, 0.3) is 22.2 Å². The number of ether oxygens (including phenoxy) is 1. The number of aryl methyl sites for hydroxylation is 2. The Labute approximate surface area is 110 Å². The van der Waals surface area contributed by atoms with E-state index in [-0.39, 0.29) is 0 Å². The molecule has 0 aliphatic heterocycles. The molecule has 0 radical (unpaired) electrons. The maximum Gasteiger partial charge on any atom is 0.155 e. The number of nitrogens with zero attached hydrogens (tertiary/aromatic N) is 2. The van der Waals surface area contributed by atoms with E-state index in [4.69, 9.17) is 4.74 Å². The fourth-order valence-corrected chi connectivity index (χ4v) is 2.85. The van der Waals surface area contributed by atoms with Crippen LogP contribution in [0.15, 0.2) is 30.6 Å². The molecule has 0 atom stereocenters. The van der Waals surface area contributed by atoms with Crippen LogP contribution in [0.1, 0.15) is 11.1 Å². The monoisotopic (exact) mass is 251 g/mol. The van der Waals surface area contributed by atoms with Crippen molar-refractivity contribution in [1.82, 2.24) is 15.2 Å². The van der Waals surface area contributed by atoms with Crippen LogP contribution in [0.4, 0.5) is 0 Å². The number of benzene rings is 1. The van der Waals surface area contributed by atoms with Gasteiger partial charge in [-0.15, -0.1) is 0 Å². The zero-order chi connectivity index (χ0) is 12.8. The Morgan fingerprint density at radius 1 is 1.16 bits per heavy atom. The van der Waals surface area contributed by atoms with Crippen molar-refractivity contribution < 1.29 is 4.74 Å². The van der Waals surface area contributed by atoms with Crippen molar-refractivity contribution in [2.75, 3.05) is 7.11 Å². The number of hydrogen-bond acceptors (Lipinski definition) is 3. The Bertz CT molecular complexity index is 776. The molecule has 0 bridgehead atoms. The zero-order valence-corrected chi connectivity index (χ0v) is 10.6. The molecule has 1 N–H and O–H groups in total. The van der Waals surface area contributed by atoms with Crippen molar-refractivity contribution in [3.05, 3.63) is 41.7 Å². The van der Waals surface area contributed by atoms with E-state index in [1.54, 1.807) is 7.11 Å². The Morgan fingerprint density at radius 2 is 2.05 bits per heavy atom. The van der Waals surface area contributed by atoms with Crippen LogP contribution in [0, 0.1) is 0 Å². The molecule has 0 saturated carbocycles. The predicted octanol–water partition coefficient (Wildman–Crippen LogP) is 2.73. The zero-order valence-electron chi connectivity index (χ0n) is 10.6. The number of fused-ring (bicyclic) bond motifs is 5. The Kier molecular flexibility index (Phi) is 2.12. The number of H-pyrrole nitrogens is 1. The summed E-state index contributed by atoms with van der Waals surface area (Å²) in [6.07, 6.45) is 5.90. The van der Waals surface area contributed by atoms with E-state index in [0.29, 0.717) is 0 Å². The molecule has 0 amide bonds. The standard InChI is InChI=1S/C15H13N3O/c1-19-11-5-4-9-2-3-10-7-16-15-13(8-17-18-15)14(10)12(9)6-11/h4-8H,2-3H2,1H3,(H,16,17,18). The molecule has 2 heterocycles. The number of pyridine rings is 1. The third-order valence-electron chi connectivity index (χ3n) is 3.81. The largest absolute Gasteiger partial charge is 0.497 e. The molecule has 2 aromatic heterocycles. The van der Waals surface area contributed by atoms with Crippen molar-refractivity contribution in [2.45, 2.75) is 12.8 Å². The summed E-state index contributed by atoms with van der Waals surface area (Å²) in [6, 6.07) is 6.29. The number of rotatable bonds is 1. The molecule has 4 rings (SSSR count). The van der Waals surface area contributed by atoms with Crippen molar-refractivity contribution in [2.24, 2.45) is 0 Å². The number of aromatic amines is 1. The second-order valence-electron chi connectivity index (χ2n) is 4.81. The van der Waals surface area contributed by atoms with Crippen LogP contribution >= 0.6 is 0 Å². The molecule has 0 fully saturated rings. The summed E-state index contributed by atoms with van der Waals surface area (Å²) >= 11 is 0. The first-order valence-corrected chi connectivity index (χ1v) is 6.35. The predicted molar refractivity (Wildman–Crippen MR) is 73.3 cm³/mol. The van der Waals surface area contributed by atoms with Crippen molar-refractivity contribution in [1.29, 1.82) is 0 Å². The van der Waals surface area contributed by atoms with E-state index in [0.717, 1.165) is 29.6 Å². The molecule has 0 unspecified atom stereocenters. The van der Waals surface area contributed by atoms with Crippen LogP contribution in [0.3, 0.4) is 0 Å². The molecular formula is C15H13N3O. The average Bonchev–Trinajstić information content (AvgIpc) is 2.94. The molecule has 4 heteroatoms. The highest BCUT2D eigenvalue weighted by Crippen LogP contribution is 2.39. The molecule has 0 saturated heterocycles. The van der Waals surface area contributed by atoms with Gasteiger partial charge in [0.05, 0.1) is 13.3 Å². The third kappa shape index (κ3) is 1.46. The Hall–Kier alpha value is -2.36. The maximum absolute atomic E-state index is 5.35. The lowest BCUT2D eigenvalue weighted by Crippen LogP contribution is -2.05. The van der Waals surface area contributed by atoms with Gasteiger partial charge in [-0.2, -0.15) is 5.10 Å². The molecule has 19 heavy (non-hydrogen) atoms. The second kappa shape index (κ2) is 3.82. The molecule has 94 valence electrons. The van der Waals surface area contributed by atoms with Crippen LogP contribution in [0.5, 0.6) is 5.75 Å². The molecule has 3 aromatic rings. The highest BCUT2D eigenvalue weighted by Gasteiger charge is 2.20. The highest BCUT2D eigenvalue weighted by atomic mass is 16.5. The van der Waals surface area contributed by atoms with Gasteiger partial charge in [0.1, 0.15) is 5.75 Å². The van der Waals surface area contributed by atoms with Crippen molar-refractivity contribution in [3.8, 4) is 16.9 Å². The summed E-state index contributed by atoms with van der Waals surface area (Å²) in [6.45, 7) is 0. The first-order valence-electron chi connectivity index (χ1n) is 6.35. The van der Waals surface area contributed by atoms with Gasteiger partial charge in [-0.1, -0.05) is 6.07 Å². The van der Waals surface area contributed by atoms with E-state index in [2.05, 4.69) is 27.3 Å². The number of hydrogen-bond donors (Lipinski definition) is 1. The highest BCUT2D eigenvalue weighted by molar-refractivity contribution is 5.96. The van der Waals surface area contributed by atoms with Gasteiger partial charge in [0.15, 0.2) is 5.65 Å². The smallest absolute Gasteiger partial charge is 0.155 e. The number of methoxy groups -OCH3 is 1. The van der Waals surface area contributed by atoms with E-state index < -0.39 is 0 Å². The summed E-state index contributed by atoms with van der Waals surface area (Å²) < 4.78 is 5.35. The average molecular weight is 251 g/mol. The van der Waals surface area contributed by atoms with Crippen molar-refractivity contribution >= 4 is 11.0 Å². The minimum atomic E-state index is 0.842. The quantitative estimate of drug-likeness (QED) is 0.723. The summed E-state index contributed by atoms with van der Waals surface area (Å²) in [5.41, 5.74) is 5.99. The minimum absolute atomic E-state index is 0.842.